The summed E-state index contributed by atoms with van der Waals surface area (Å²) < 4.78 is 0. The van der Waals surface area contributed by atoms with E-state index in [4.69, 9.17) is 0 Å². The highest BCUT2D eigenvalue weighted by Crippen LogP contribution is 2.24. The van der Waals surface area contributed by atoms with Gasteiger partial charge in [0.05, 0.1) is 5.69 Å². The van der Waals surface area contributed by atoms with E-state index in [2.05, 4.69) is 0 Å². The number of anilines is 1. The Bertz CT molecular complexity index is 477. The fraction of sp³-hybridized carbons (Fsp3) is 0.308. The fourth-order valence-corrected chi connectivity index (χ4v) is 1.81. The SMILES string of the molecule is CC(=O)c1cccc(N(C(C)=O)C(C)=O)c1C. The molecule has 0 saturated carbocycles. The third-order valence-electron chi connectivity index (χ3n) is 2.56. The van der Waals surface area contributed by atoms with Crippen LogP contribution in [0.4, 0.5) is 5.69 Å². The molecule has 4 heteroatoms. The molecule has 90 valence electrons. The second kappa shape index (κ2) is 4.91. The highest BCUT2D eigenvalue weighted by Gasteiger charge is 2.20. The highest BCUT2D eigenvalue weighted by molar-refractivity contribution is 6.14. The molecule has 0 fully saturated rings. The van der Waals surface area contributed by atoms with E-state index in [1.54, 1.807) is 25.1 Å². The zero-order valence-electron chi connectivity index (χ0n) is 10.4. The van der Waals surface area contributed by atoms with Crippen LogP contribution in [0.25, 0.3) is 0 Å². The van der Waals surface area contributed by atoms with E-state index in [1.165, 1.54) is 20.8 Å². The number of hydrogen-bond donors (Lipinski definition) is 0. The van der Waals surface area contributed by atoms with Crippen LogP contribution < -0.4 is 4.90 Å². The molecule has 0 spiro atoms. The molecule has 2 amide bonds. The lowest BCUT2D eigenvalue weighted by Crippen LogP contribution is -2.33. The van der Waals surface area contributed by atoms with Crippen LogP contribution in [-0.4, -0.2) is 17.6 Å². The van der Waals surface area contributed by atoms with Crippen molar-refractivity contribution in [2.45, 2.75) is 27.7 Å². The molecule has 17 heavy (non-hydrogen) atoms. The van der Waals surface area contributed by atoms with Crippen LogP contribution in [0.1, 0.15) is 36.7 Å². The normalized spacial score (nSPS) is 9.88. The Morgan fingerprint density at radius 3 is 1.94 bits per heavy atom. The molecule has 1 aromatic rings. The van der Waals surface area contributed by atoms with E-state index in [0.29, 0.717) is 16.8 Å². The Morgan fingerprint density at radius 1 is 1.00 bits per heavy atom. The Balaban J connectivity index is 3.40. The average Bonchev–Trinajstić information content (AvgIpc) is 2.19. The summed E-state index contributed by atoms with van der Waals surface area (Å²) >= 11 is 0. The van der Waals surface area contributed by atoms with Gasteiger partial charge < -0.3 is 0 Å². The summed E-state index contributed by atoms with van der Waals surface area (Å²) in [5.41, 5.74) is 1.64. The number of nitrogens with zero attached hydrogens (tertiary/aromatic N) is 1. The average molecular weight is 233 g/mol. The van der Waals surface area contributed by atoms with Crippen molar-refractivity contribution in [3.8, 4) is 0 Å². The van der Waals surface area contributed by atoms with Crippen LogP contribution in [-0.2, 0) is 9.59 Å². The van der Waals surface area contributed by atoms with Gasteiger partial charge >= 0.3 is 0 Å². The number of carbonyl (C=O) groups is 3. The van der Waals surface area contributed by atoms with Crippen LogP contribution in [0, 0.1) is 6.92 Å². The number of rotatable bonds is 2. The standard InChI is InChI=1S/C13H15NO3/c1-8-12(9(2)15)6-5-7-13(8)14(10(3)16)11(4)17/h5-7H,1-4H3. The molecule has 0 aliphatic heterocycles. The minimum atomic E-state index is -0.360. The van der Waals surface area contributed by atoms with Gasteiger partial charge in [-0.15, -0.1) is 0 Å². The van der Waals surface area contributed by atoms with E-state index in [9.17, 15) is 14.4 Å². The van der Waals surface area contributed by atoms with E-state index in [-0.39, 0.29) is 17.6 Å². The first kappa shape index (κ1) is 13.1. The first-order valence-electron chi connectivity index (χ1n) is 5.28. The topological polar surface area (TPSA) is 54.5 Å². The number of ketones is 1. The molecule has 4 nitrogen and oxygen atoms in total. The van der Waals surface area contributed by atoms with E-state index in [1.807, 2.05) is 0 Å². The first-order valence-corrected chi connectivity index (χ1v) is 5.28. The van der Waals surface area contributed by atoms with Crippen LogP contribution >= 0.6 is 0 Å². The number of hydrogen-bond acceptors (Lipinski definition) is 3. The number of Topliss-reactive ketones (excluding diaryl/α,β-unsaturated/α-hetero) is 1. The molecular formula is C13H15NO3. The van der Waals surface area contributed by atoms with Gasteiger partial charge in [0.25, 0.3) is 0 Å². The predicted molar refractivity (Wildman–Crippen MR) is 65.0 cm³/mol. The van der Waals surface area contributed by atoms with Crippen LogP contribution in [0.3, 0.4) is 0 Å². The third-order valence-corrected chi connectivity index (χ3v) is 2.56. The van der Waals surface area contributed by atoms with Gasteiger partial charge in [0.15, 0.2) is 5.78 Å². The Kier molecular flexibility index (Phi) is 3.78. The highest BCUT2D eigenvalue weighted by atomic mass is 16.2. The van der Waals surface area contributed by atoms with Gasteiger partial charge in [0, 0.05) is 19.4 Å². The molecule has 1 aromatic carbocycles. The molecule has 0 bridgehead atoms. The molecule has 0 aliphatic rings. The van der Waals surface area contributed by atoms with Crippen molar-refractivity contribution >= 4 is 23.3 Å². The molecule has 0 aromatic heterocycles. The Morgan fingerprint density at radius 2 is 1.53 bits per heavy atom. The zero-order chi connectivity index (χ0) is 13.2. The molecule has 0 N–H and O–H groups in total. The van der Waals surface area contributed by atoms with Crippen LogP contribution in [0.15, 0.2) is 18.2 Å². The lowest BCUT2D eigenvalue weighted by Gasteiger charge is -2.20. The molecule has 0 atom stereocenters. The summed E-state index contributed by atoms with van der Waals surface area (Å²) in [4.78, 5) is 35.3. The van der Waals surface area contributed by atoms with Gasteiger partial charge in [-0.05, 0) is 25.5 Å². The second-order valence-electron chi connectivity index (χ2n) is 3.88. The third kappa shape index (κ3) is 2.58. The van der Waals surface area contributed by atoms with E-state index < -0.39 is 0 Å². The quantitative estimate of drug-likeness (QED) is 0.735. The molecular weight excluding hydrogens is 218 g/mol. The lowest BCUT2D eigenvalue weighted by molar-refractivity contribution is -0.124. The molecule has 0 aliphatic carbocycles. The summed E-state index contributed by atoms with van der Waals surface area (Å²) in [6.45, 7) is 5.82. The van der Waals surface area contributed by atoms with Gasteiger partial charge in [-0.1, -0.05) is 12.1 Å². The van der Waals surface area contributed by atoms with Gasteiger partial charge in [-0.2, -0.15) is 0 Å². The van der Waals surface area contributed by atoms with Crippen molar-refractivity contribution in [3.05, 3.63) is 29.3 Å². The summed E-state index contributed by atoms with van der Waals surface area (Å²) in [5, 5.41) is 0. The monoisotopic (exact) mass is 233 g/mol. The first-order chi connectivity index (χ1) is 7.86. The summed E-state index contributed by atoms with van der Waals surface area (Å²) in [5.74, 6) is -0.806. The Labute approximate surface area is 100 Å². The fourth-order valence-electron chi connectivity index (χ4n) is 1.81. The van der Waals surface area contributed by atoms with E-state index in [0.717, 1.165) is 4.90 Å². The number of amides is 2. The number of benzene rings is 1. The second-order valence-corrected chi connectivity index (χ2v) is 3.88. The van der Waals surface area contributed by atoms with E-state index >= 15 is 0 Å². The minimum absolute atomic E-state index is 0.0867. The molecule has 0 unspecified atom stereocenters. The molecule has 0 heterocycles. The van der Waals surface area contributed by atoms with Crippen molar-refractivity contribution in [2.75, 3.05) is 4.90 Å². The Hall–Kier alpha value is -1.97. The summed E-state index contributed by atoms with van der Waals surface area (Å²) in [6, 6.07) is 5.00. The van der Waals surface area contributed by atoms with Gasteiger partial charge in [-0.25, -0.2) is 0 Å². The van der Waals surface area contributed by atoms with Gasteiger partial charge in [0.1, 0.15) is 0 Å². The van der Waals surface area contributed by atoms with Crippen molar-refractivity contribution < 1.29 is 14.4 Å². The maximum absolute atomic E-state index is 11.4. The smallest absolute Gasteiger partial charge is 0.230 e. The molecule has 0 saturated heterocycles. The van der Waals surface area contributed by atoms with Gasteiger partial charge in [-0.3, -0.25) is 19.3 Å². The number of carbonyl (C=O) groups excluding carboxylic acids is 3. The summed E-state index contributed by atoms with van der Waals surface area (Å²) in [7, 11) is 0. The van der Waals surface area contributed by atoms with Crippen molar-refractivity contribution in [1.29, 1.82) is 0 Å². The van der Waals surface area contributed by atoms with Crippen LogP contribution in [0.2, 0.25) is 0 Å². The maximum atomic E-state index is 11.4. The molecule has 0 radical (unpaired) electrons. The summed E-state index contributed by atoms with van der Waals surface area (Å²) in [6.07, 6.45) is 0. The maximum Gasteiger partial charge on any atom is 0.230 e. The zero-order valence-corrected chi connectivity index (χ0v) is 10.4. The van der Waals surface area contributed by atoms with Crippen molar-refractivity contribution in [1.82, 2.24) is 0 Å². The number of imide groups is 1. The largest absolute Gasteiger partial charge is 0.294 e. The predicted octanol–water partition coefficient (Wildman–Crippen LogP) is 2.10. The van der Waals surface area contributed by atoms with Crippen molar-refractivity contribution in [2.24, 2.45) is 0 Å². The van der Waals surface area contributed by atoms with Crippen LogP contribution in [0.5, 0.6) is 0 Å². The van der Waals surface area contributed by atoms with Crippen molar-refractivity contribution in [3.63, 3.8) is 0 Å². The van der Waals surface area contributed by atoms with Gasteiger partial charge in [0.2, 0.25) is 11.8 Å². The lowest BCUT2D eigenvalue weighted by atomic mass is 10.0. The molecule has 1 rings (SSSR count). The minimum Gasteiger partial charge on any atom is -0.294 e.